The average molecular weight is 266 g/mol. The fourth-order valence-corrected chi connectivity index (χ4v) is 1.61. The number of hydrazine groups is 1. The van der Waals surface area contributed by atoms with E-state index in [2.05, 4.69) is 5.43 Å². The van der Waals surface area contributed by atoms with Crippen molar-refractivity contribution in [3.05, 3.63) is 23.8 Å². The van der Waals surface area contributed by atoms with Gasteiger partial charge in [-0.1, -0.05) is 6.07 Å². The van der Waals surface area contributed by atoms with E-state index in [1.165, 1.54) is 0 Å². The summed E-state index contributed by atoms with van der Waals surface area (Å²) in [6.45, 7) is 2.48. The zero-order chi connectivity index (χ0) is 14.3. The molecule has 0 fully saturated rings. The Morgan fingerprint density at radius 2 is 2.05 bits per heavy atom. The first-order valence-corrected chi connectivity index (χ1v) is 6.27. The molecule has 5 nitrogen and oxygen atoms in total. The SMILES string of the molecule is COc1cc(C)ccc1OCCCC(=O)NN(C)C. The molecule has 0 aromatic heterocycles. The Labute approximate surface area is 114 Å². The molecule has 0 saturated heterocycles. The van der Waals surface area contributed by atoms with Crippen molar-refractivity contribution in [1.29, 1.82) is 0 Å². The molecule has 0 radical (unpaired) electrons. The lowest BCUT2D eigenvalue weighted by Crippen LogP contribution is -2.36. The first kappa shape index (κ1) is 15.3. The van der Waals surface area contributed by atoms with Gasteiger partial charge in [-0.05, 0) is 31.0 Å². The van der Waals surface area contributed by atoms with Crippen molar-refractivity contribution in [1.82, 2.24) is 10.4 Å². The van der Waals surface area contributed by atoms with Crippen LogP contribution in [0.2, 0.25) is 0 Å². The highest BCUT2D eigenvalue weighted by atomic mass is 16.5. The second kappa shape index (κ2) is 7.63. The zero-order valence-corrected chi connectivity index (χ0v) is 12.0. The summed E-state index contributed by atoms with van der Waals surface area (Å²) in [5.74, 6) is 1.42. The topological polar surface area (TPSA) is 50.8 Å². The van der Waals surface area contributed by atoms with Crippen molar-refractivity contribution in [3.63, 3.8) is 0 Å². The van der Waals surface area contributed by atoms with Crippen molar-refractivity contribution in [2.45, 2.75) is 19.8 Å². The number of hydrogen-bond donors (Lipinski definition) is 1. The number of benzene rings is 1. The van der Waals surface area contributed by atoms with Crippen LogP contribution in [0.1, 0.15) is 18.4 Å². The van der Waals surface area contributed by atoms with E-state index in [1.54, 1.807) is 26.2 Å². The van der Waals surface area contributed by atoms with E-state index in [-0.39, 0.29) is 5.91 Å². The lowest BCUT2D eigenvalue weighted by Gasteiger charge is -2.13. The maximum absolute atomic E-state index is 11.4. The van der Waals surface area contributed by atoms with Gasteiger partial charge in [-0.25, -0.2) is 5.01 Å². The van der Waals surface area contributed by atoms with E-state index in [1.807, 2.05) is 25.1 Å². The molecule has 0 spiro atoms. The van der Waals surface area contributed by atoms with Crippen LogP contribution in [0.3, 0.4) is 0 Å². The summed E-state index contributed by atoms with van der Waals surface area (Å²) < 4.78 is 10.9. The lowest BCUT2D eigenvalue weighted by atomic mass is 10.2. The highest BCUT2D eigenvalue weighted by Crippen LogP contribution is 2.27. The fourth-order valence-electron chi connectivity index (χ4n) is 1.61. The summed E-state index contributed by atoms with van der Waals surface area (Å²) in [5.41, 5.74) is 3.81. The minimum atomic E-state index is -0.00975. The highest BCUT2D eigenvalue weighted by Gasteiger charge is 2.05. The second-order valence-corrected chi connectivity index (χ2v) is 4.54. The molecule has 0 bridgehead atoms. The molecule has 19 heavy (non-hydrogen) atoms. The Balaban J connectivity index is 2.35. The monoisotopic (exact) mass is 266 g/mol. The van der Waals surface area contributed by atoms with Crippen molar-refractivity contribution in [2.75, 3.05) is 27.8 Å². The van der Waals surface area contributed by atoms with Gasteiger partial charge in [0.1, 0.15) is 0 Å². The first-order chi connectivity index (χ1) is 9.02. The molecule has 5 heteroatoms. The smallest absolute Gasteiger partial charge is 0.234 e. The quantitative estimate of drug-likeness (QED) is 0.603. The third-order valence-corrected chi connectivity index (χ3v) is 2.47. The third-order valence-electron chi connectivity index (χ3n) is 2.47. The van der Waals surface area contributed by atoms with Crippen LogP contribution in [-0.4, -0.2) is 38.7 Å². The van der Waals surface area contributed by atoms with Crippen LogP contribution in [0.5, 0.6) is 11.5 Å². The number of nitrogens with one attached hydrogen (secondary N) is 1. The molecule has 1 aromatic carbocycles. The van der Waals surface area contributed by atoms with Gasteiger partial charge in [0, 0.05) is 20.5 Å². The van der Waals surface area contributed by atoms with Crippen molar-refractivity contribution >= 4 is 5.91 Å². The minimum Gasteiger partial charge on any atom is -0.493 e. The zero-order valence-electron chi connectivity index (χ0n) is 12.0. The predicted octanol–water partition coefficient (Wildman–Crippen LogP) is 1.76. The molecule has 0 aliphatic rings. The van der Waals surface area contributed by atoms with Crippen LogP contribution >= 0.6 is 0 Å². The number of carbonyl (C=O) groups is 1. The van der Waals surface area contributed by atoms with E-state index in [0.29, 0.717) is 25.2 Å². The molecule has 0 heterocycles. The van der Waals surface area contributed by atoms with E-state index in [9.17, 15) is 4.79 Å². The van der Waals surface area contributed by atoms with Crippen LogP contribution in [-0.2, 0) is 4.79 Å². The minimum absolute atomic E-state index is 0.00975. The molecule has 0 unspecified atom stereocenters. The number of amides is 1. The summed E-state index contributed by atoms with van der Waals surface area (Å²) in [6.07, 6.45) is 1.10. The molecular formula is C14H22N2O3. The van der Waals surface area contributed by atoms with Crippen LogP contribution < -0.4 is 14.9 Å². The Bertz CT molecular complexity index is 419. The average Bonchev–Trinajstić information content (AvgIpc) is 2.35. The van der Waals surface area contributed by atoms with E-state index in [0.717, 1.165) is 11.3 Å². The number of ether oxygens (including phenoxy) is 2. The molecule has 1 amide bonds. The van der Waals surface area contributed by atoms with Crippen LogP contribution in [0, 0.1) is 6.92 Å². The molecule has 106 valence electrons. The Hall–Kier alpha value is -1.75. The Morgan fingerprint density at radius 3 is 2.68 bits per heavy atom. The summed E-state index contributed by atoms with van der Waals surface area (Å²) >= 11 is 0. The summed E-state index contributed by atoms with van der Waals surface area (Å²) in [7, 11) is 5.18. The molecule has 1 aromatic rings. The van der Waals surface area contributed by atoms with Gasteiger partial charge in [0.2, 0.25) is 5.91 Å². The Morgan fingerprint density at radius 1 is 1.32 bits per heavy atom. The number of nitrogens with zero attached hydrogens (tertiary/aromatic N) is 1. The fraction of sp³-hybridized carbons (Fsp3) is 0.500. The lowest BCUT2D eigenvalue weighted by molar-refractivity contribution is -0.125. The number of aryl methyl sites for hydroxylation is 1. The molecule has 1 rings (SSSR count). The first-order valence-electron chi connectivity index (χ1n) is 6.27. The standard InChI is InChI=1S/C14H22N2O3/c1-11-7-8-12(13(10-11)18-4)19-9-5-6-14(17)15-16(2)3/h7-8,10H,5-6,9H2,1-4H3,(H,15,17). The maximum atomic E-state index is 11.4. The van der Waals surface area contributed by atoms with Gasteiger partial charge < -0.3 is 9.47 Å². The van der Waals surface area contributed by atoms with Crippen molar-refractivity contribution < 1.29 is 14.3 Å². The van der Waals surface area contributed by atoms with Crippen LogP contribution in [0.4, 0.5) is 0 Å². The molecule has 1 N–H and O–H groups in total. The number of rotatable bonds is 7. The number of carbonyl (C=O) groups excluding carboxylic acids is 1. The van der Waals surface area contributed by atoms with Gasteiger partial charge in [0.25, 0.3) is 0 Å². The van der Waals surface area contributed by atoms with E-state index in [4.69, 9.17) is 9.47 Å². The van der Waals surface area contributed by atoms with Crippen LogP contribution in [0.25, 0.3) is 0 Å². The normalized spacial score (nSPS) is 10.4. The largest absolute Gasteiger partial charge is 0.493 e. The third kappa shape index (κ3) is 5.61. The van der Waals surface area contributed by atoms with Gasteiger partial charge in [-0.2, -0.15) is 0 Å². The van der Waals surface area contributed by atoms with Crippen molar-refractivity contribution in [3.8, 4) is 11.5 Å². The van der Waals surface area contributed by atoms with Crippen LogP contribution in [0.15, 0.2) is 18.2 Å². The Kier molecular flexibility index (Phi) is 6.15. The van der Waals surface area contributed by atoms with Crippen molar-refractivity contribution in [2.24, 2.45) is 0 Å². The predicted molar refractivity (Wildman–Crippen MR) is 74.3 cm³/mol. The summed E-state index contributed by atoms with van der Waals surface area (Å²) in [5, 5.41) is 1.63. The van der Waals surface area contributed by atoms with Gasteiger partial charge >= 0.3 is 0 Å². The second-order valence-electron chi connectivity index (χ2n) is 4.54. The molecule has 0 aliphatic carbocycles. The summed E-state index contributed by atoms with van der Waals surface area (Å²) in [4.78, 5) is 11.4. The molecular weight excluding hydrogens is 244 g/mol. The van der Waals surface area contributed by atoms with Gasteiger partial charge in [-0.3, -0.25) is 10.2 Å². The van der Waals surface area contributed by atoms with Gasteiger partial charge in [0.15, 0.2) is 11.5 Å². The number of methoxy groups -OCH3 is 1. The van der Waals surface area contributed by atoms with E-state index < -0.39 is 0 Å². The maximum Gasteiger partial charge on any atom is 0.234 e. The highest BCUT2D eigenvalue weighted by molar-refractivity contribution is 5.75. The summed E-state index contributed by atoms with van der Waals surface area (Å²) in [6, 6.07) is 5.78. The number of hydrogen-bond acceptors (Lipinski definition) is 4. The van der Waals surface area contributed by atoms with E-state index >= 15 is 0 Å². The molecule has 0 atom stereocenters. The molecule has 0 saturated carbocycles. The molecule has 0 aliphatic heterocycles. The van der Waals surface area contributed by atoms with Gasteiger partial charge in [-0.15, -0.1) is 0 Å². The van der Waals surface area contributed by atoms with Gasteiger partial charge in [0.05, 0.1) is 13.7 Å².